The highest BCUT2D eigenvalue weighted by molar-refractivity contribution is 6.04. The van der Waals surface area contributed by atoms with Crippen molar-refractivity contribution in [2.75, 3.05) is 0 Å². The predicted molar refractivity (Wildman–Crippen MR) is 72.4 cm³/mol. The van der Waals surface area contributed by atoms with E-state index >= 15 is 0 Å². The molecular formula is C15H25F3O2. The van der Waals surface area contributed by atoms with E-state index in [1.807, 2.05) is 13.8 Å². The Morgan fingerprint density at radius 2 is 1.20 bits per heavy atom. The summed E-state index contributed by atoms with van der Waals surface area (Å²) in [7, 11) is 0. The van der Waals surface area contributed by atoms with Gasteiger partial charge >= 0.3 is 6.18 Å². The van der Waals surface area contributed by atoms with Crippen LogP contribution < -0.4 is 0 Å². The minimum Gasteiger partial charge on any atom is -0.299 e. The van der Waals surface area contributed by atoms with Crippen molar-refractivity contribution in [2.24, 2.45) is 10.8 Å². The van der Waals surface area contributed by atoms with Crippen LogP contribution in [0.4, 0.5) is 13.2 Å². The lowest BCUT2D eigenvalue weighted by Crippen LogP contribution is -2.46. The monoisotopic (exact) mass is 294 g/mol. The Morgan fingerprint density at radius 3 is 1.45 bits per heavy atom. The Bertz CT molecular complexity index is 351. The molecule has 0 radical (unpaired) electrons. The first kappa shape index (κ1) is 19.1. The number of halogens is 3. The topological polar surface area (TPSA) is 34.1 Å². The molecule has 0 aliphatic rings. The first-order valence-corrected chi connectivity index (χ1v) is 7.17. The van der Waals surface area contributed by atoms with E-state index in [2.05, 4.69) is 0 Å². The van der Waals surface area contributed by atoms with Crippen molar-refractivity contribution >= 4 is 11.6 Å². The van der Waals surface area contributed by atoms with Crippen LogP contribution in [0.3, 0.4) is 0 Å². The van der Waals surface area contributed by atoms with Crippen LogP contribution in [0.5, 0.6) is 0 Å². The molecule has 0 unspecified atom stereocenters. The molecule has 0 atom stereocenters. The highest BCUT2D eigenvalue weighted by atomic mass is 19.4. The second-order valence-corrected chi connectivity index (χ2v) is 5.58. The fraction of sp³-hybridized carbons (Fsp3) is 0.867. The summed E-state index contributed by atoms with van der Waals surface area (Å²) in [6, 6.07) is 0. The third-order valence-electron chi connectivity index (χ3n) is 4.84. The lowest BCUT2D eigenvalue weighted by atomic mass is 9.72. The summed E-state index contributed by atoms with van der Waals surface area (Å²) in [5, 5.41) is 0. The summed E-state index contributed by atoms with van der Waals surface area (Å²) in [5.74, 6) is -1.38. The number of carbonyl (C=O) groups excluding carboxylic acids is 2. The molecule has 0 aliphatic carbocycles. The first-order valence-electron chi connectivity index (χ1n) is 7.17. The van der Waals surface area contributed by atoms with Gasteiger partial charge in [-0.2, -0.15) is 13.2 Å². The van der Waals surface area contributed by atoms with Crippen LogP contribution in [0.25, 0.3) is 0 Å². The van der Waals surface area contributed by atoms with Crippen molar-refractivity contribution in [1.82, 2.24) is 0 Å². The molecule has 0 aromatic heterocycles. The van der Waals surface area contributed by atoms with Crippen molar-refractivity contribution in [1.29, 1.82) is 0 Å². The van der Waals surface area contributed by atoms with E-state index in [0.29, 0.717) is 12.8 Å². The lowest BCUT2D eigenvalue weighted by Gasteiger charge is -2.33. The molecule has 0 N–H and O–H groups in total. The van der Waals surface area contributed by atoms with Crippen LogP contribution >= 0.6 is 0 Å². The van der Waals surface area contributed by atoms with Crippen molar-refractivity contribution in [2.45, 2.75) is 72.9 Å². The van der Waals surface area contributed by atoms with Crippen molar-refractivity contribution in [3.63, 3.8) is 0 Å². The number of hydrogen-bond donors (Lipinski definition) is 0. The molecule has 118 valence electrons. The number of rotatable bonds is 8. The molecule has 0 saturated carbocycles. The predicted octanol–water partition coefficient (Wildman–Crippen LogP) is 4.71. The molecule has 0 amide bonds. The fourth-order valence-electron chi connectivity index (χ4n) is 2.38. The molecule has 0 rings (SSSR count). The van der Waals surface area contributed by atoms with Crippen LogP contribution in [-0.2, 0) is 9.59 Å². The van der Waals surface area contributed by atoms with E-state index < -0.39 is 29.2 Å². The quantitative estimate of drug-likeness (QED) is 0.607. The summed E-state index contributed by atoms with van der Waals surface area (Å²) < 4.78 is 39.6. The van der Waals surface area contributed by atoms with Gasteiger partial charge in [-0.15, -0.1) is 0 Å². The summed E-state index contributed by atoms with van der Waals surface area (Å²) in [6.45, 7) is 8.01. The van der Waals surface area contributed by atoms with Crippen molar-refractivity contribution in [3.8, 4) is 0 Å². The number of carbonyl (C=O) groups is 2. The minimum absolute atomic E-state index is 0.325. The summed E-state index contributed by atoms with van der Waals surface area (Å²) in [6.07, 6.45) is -4.84. The number of alkyl halides is 3. The zero-order valence-corrected chi connectivity index (χ0v) is 13.0. The summed E-state index contributed by atoms with van der Waals surface area (Å²) >= 11 is 0. The van der Waals surface area contributed by atoms with Gasteiger partial charge in [-0.3, -0.25) is 9.59 Å². The normalized spacial score (nSPS) is 13.4. The molecule has 0 fully saturated rings. The Kier molecular flexibility index (Phi) is 6.43. The largest absolute Gasteiger partial charge is 0.401 e. The minimum atomic E-state index is -4.61. The van der Waals surface area contributed by atoms with Crippen molar-refractivity contribution in [3.05, 3.63) is 0 Å². The Morgan fingerprint density at radius 1 is 0.800 bits per heavy atom. The van der Waals surface area contributed by atoms with Crippen LogP contribution in [0, 0.1) is 10.8 Å². The van der Waals surface area contributed by atoms with E-state index in [1.165, 1.54) is 13.8 Å². The van der Waals surface area contributed by atoms with Crippen LogP contribution in [0.1, 0.15) is 66.7 Å². The number of ketones is 2. The van der Waals surface area contributed by atoms with Gasteiger partial charge in [0, 0.05) is 5.41 Å². The lowest BCUT2D eigenvalue weighted by molar-refractivity contribution is -0.222. The van der Waals surface area contributed by atoms with Gasteiger partial charge in [0.15, 0.2) is 5.78 Å². The Hall–Kier alpha value is -0.870. The molecule has 0 aliphatic heterocycles. The number of hydrogen-bond acceptors (Lipinski definition) is 2. The van der Waals surface area contributed by atoms with Gasteiger partial charge in [-0.05, 0) is 25.7 Å². The molecule has 2 nitrogen and oxygen atoms in total. The van der Waals surface area contributed by atoms with Gasteiger partial charge < -0.3 is 0 Å². The van der Waals surface area contributed by atoms with E-state index in [0.717, 1.165) is 0 Å². The van der Waals surface area contributed by atoms with Gasteiger partial charge in [-0.1, -0.05) is 34.6 Å². The Labute approximate surface area is 119 Å². The molecular weight excluding hydrogens is 269 g/mol. The maximum atomic E-state index is 13.2. The van der Waals surface area contributed by atoms with Gasteiger partial charge in [0.1, 0.15) is 11.2 Å². The molecule has 0 aromatic rings. The fourth-order valence-corrected chi connectivity index (χ4v) is 2.38. The molecule has 20 heavy (non-hydrogen) atoms. The maximum Gasteiger partial charge on any atom is 0.401 e. The molecule has 0 saturated heterocycles. The van der Waals surface area contributed by atoms with E-state index in [-0.39, 0.29) is 18.6 Å². The maximum absolute atomic E-state index is 13.2. The van der Waals surface area contributed by atoms with Gasteiger partial charge in [0.2, 0.25) is 0 Å². The highest BCUT2D eigenvalue weighted by Gasteiger charge is 2.57. The SMILES string of the molecule is CCC(C)(CC)C(=O)CC(=O)C(CC)(CC)C(F)(F)F. The van der Waals surface area contributed by atoms with Crippen LogP contribution in [0.15, 0.2) is 0 Å². The van der Waals surface area contributed by atoms with Crippen LogP contribution in [0.2, 0.25) is 0 Å². The van der Waals surface area contributed by atoms with Gasteiger partial charge in [-0.25, -0.2) is 0 Å². The standard InChI is InChI=1S/C15H25F3O2/c1-6-13(5,7-2)11(19)10-12(20)14(8-3,9-4)15(16,17)18/h6-10H2,1-5H3. The van der Waals surface area contributed by atoms with Gasteiger partial charge in [0.25, 0.3) is 0 Å². The van der Waals surface area contributed by atoms with E-state index in [1.54, 1.807) is 6.92 Å². The van der Waals surface area contributed by atoms with Crippen LogP contribution in [-0.4, -0.2) is 17.7 Å². The summed E-state index contributed by atoms with van der Waals surface area (Å²) in [4.78, 5) is 24.3. The molecule has 0 bridgehead atoms. The first-order chi connectivity index (χ1) is 9.04. The third kappa shape index (κ3) is 3.41. The van der Waals surface area contributed by atoms with Crippen molar-refractivity contribution < 1.29 is 22.8 Å². The van der Waals surface area contributed by atoms with E-state index in [4.69, 9.17) is 0 Å². The summed E-state index contributed by atoms with van der Waals surface area (Å²) in [5.41, 5.74) is -3.10. The molecule has 0 aromatic carbocycles. The smallest absolute Gasteiger partial charge is 0.299 e. The number of Topliss-reactive ketones (excluding diaryl/α,β-unsaturated/α-hetero) is 2. The molecule has 0 heterocycles. The second kappa shape index (κ2) is 6.72. The second-order valence-electron chi connectivity index (χ2n) is 5.58. The third-order valence-corrected chi connectivity index (χ3v) is 4.84. The highest BCUT2D eigenvalue weighted by Crippen LogP contribution is 2.46. The van der Waals surface area contributed by atoms with E-state index in [9.17, 15) is 22.8 Å². The molecule has 5 heteroatoms. The zero-order chi connectivity index (χ0) is 16.2. The Balaban J connectivity index is 5.30. The average molecular weight is 294 g/mol. The zero-order valence-electron chi connectivity index (χ0n) is 13.0. The van der Waals surface area contributed by atoms with Gasteiger partial charge in [0.05, 0.1) is 6.42 Å². The molecule has 0 spiro atoms. The average Bonchev–Trinajstić information content (AvgIpc) is 2.37.